The number of benzene rings is 1. The van der Waals surface area contributed by atoms with Crippen molar-refractivity contribution in [3.05, 3.63) is 43.2 Å². The molecule has 0 spiro atoms. The number of rotatable bonds is 2. The number of nitriles is 1. The van der Waals surface area contributed by atoms with Crippen LogP contribution in [0, 0.1) is 11.3 Å². The molecule has 0 radical (unpaired) electrons. The predicted octanol–water partition coefficient (Wildman–Crippen LogP) is 3.06. The van der Waals surface area contributed by atoms with Crippen molar-refractivity contribution in [2.75, 3.05) is 13.6 Å². The normalized spacial score (nSPS) is 17.2. The van der Waals surface area contributed by atoms with Crippen LogP contribution in [0.15, 0.2) is 21.6 Å². The number of thiophene rings is 1. The fourth-order valence-electron chi connectivity index (χ4n) is 2.62. The van der Waals surface area contributed by atoms with Crippen molar-refractivity contribution < 1.29 is 10.0 Å². The summed E-state index contributed by atoms with van der Waals surface area (Å²) in [5.41, 5.74) is 2.31. The van der Waals surface area contributed by atoms with Crippen molar-refractivity contribution in [2.24, 2.45) is 4.99 Å². The number of phenolic OH excluding ortho intramolecular Hbond substituents is 1. The highest BCUT2D eigenvalue weighted by molar-refractivity contribution is 9.10. The summed E-state index contributed by atoms with van der Waals surface area (Å²) in [5, 5.41) is 20.7. The van der Waals surface area contributed by atoms with Crippen molar-refractivity contribution in [2.45, 2.75) is 13.0 Å². The van der Waals surface area contributed by atoms with Crippen molar-refractivity contribution in [3.63, 3.8) is 0 Å². The Morgan fingerprint density at radius 3 is 3.04 bits per heavy atom. The summed E-state index contributed by atoms with van der Waals surface area (Å²) in [7, 11) is 2.15. The van der Waals surface area contributed by atoms with E-state index in [4.69, 9.17) is 11.6 Å². The Balaban J connectivity index is 2.00. The van der Waals surface area contributed by atoms with Crippen LogP contribution >= 0.6 is 38.9 Å². The minimum atomic E-state index is 0.0853. The first-order chi connectivity index (χ1) is 11.0. The monoisotopic (exact) mass is 410 g/mol. The number of nitrogens with zero attached hydrogens (tertiary/aromatic N) is 2. The van der Waals surface area contributed by atoms with E-state index in [9.17, 15) is 10.4 Å². The van der Waals surface area contributed by atoms with Crippen LogP contribution in [-0.4, -0.2) is 24.9 Å². The third-order valence-corrected chi connectivity index (χ3v) is 5.79. The van der Waals surface area contributed by atoms with Gasteiger partial charge in [0.15, 0.2) is 0 Å². The number of quaternary nitrogens is 1. The van der Waals surface area contributed by atoms with Gasteiger partial charge in [0.1, 0.15) is 23.4 Å². The van der Waals surface area contributed by atoms with Crippen molar-refractivity contribution in [1.29, 1.82) is 5.26 Å². The molecule has 1 atom stereocenters. The lowest BCUT2D eigenvalue weighted by molar-refractivity contribution is -0.895. The van der Waals surface area contributed by atoms with Gasteiger partial charge in [-0.3, -0.25) is 0 Å². The third kappa shape index (κ3) is 3.29. The van der Waals surface area contributed by atoms with Crippen molar-refractivity contribution in [3.8, 4) is 11.8 Å². The molecule has 4 nitrogen and oxygen atoms in total. The number of phenols is 1. The van der Waals surface area contributed by atoms with Gasteiger partial charge in [0.2, 0.25) is 0 Å². The average molecular weight is 412 g/mol. The first kappa shape index (κ1) is 16.5. The van der Waals surface area contributed by atoms with Crippen LogP contribution in [0.3, 0.4) is 0 Å². The summed E-state index contributed by atoms with van der Waals surface area (Å²) in [6.45, 7) is 1.96. The molecule has 1 unspecified atom stereocenters. The van der Waals surface area contributed by atoms with Crippen molar-refractivity contribution >= 4 is 50.1 Å². The minimum absolute atomic E-state index is 0.0853. The van der Waals surface area contributed by atoms with Crippen LogP contribution in [-0.2, 0) is 13.0 Å². The molecule has 1 aliphatic heterocycles. The molecule has 0 bridgehead atoms. The zero-order chi connectivity index (χ0) is 16.6. The van der Waals surface area contributed by atoms with Gasteiger partial charge in [-0.05, 0) is 33.6 Å². The van der Waals surface area contributed by atoms with Gasteiger partial charge in [-0.15, -0.1) is 11.3 Å². The lowest BCUT2D eigenvalue weighted by Crippen LogP contribution is -3.08. The van der Waals surface area contributed by atoms with Gasteiger partial charge in [-0.1, -0.05) is 11.6 Å². The van der Waals surface area contributed by atoms with Crippen LogP contribution in [0.4, 0.5) is 5.00 Å². The molecule has 0 aliphatic carbocycles. The number of aromatic hydroxyl groups is 1. The van der Waals surface area contributed by atoms with Crippen molar-refractivity contribution in [1.82, 2.24) is 0 Å². The van der Waals surface area contributed by atoms with E-state index in [0.717, 1.165) is 25.1 Å². The Hall–Kier alpha value is -1.39. The van der Waals surface area contributed by atoms with Gasteiger partial charge in [-0.2, -0.15) is 5.26 Å². The minimum Gasteiger partial charge on any atom is -0.506 e. The fraction of sp³-hybridized carbons (Fsp3) is 0.250. The SMILES string of the molecule is C[NH+]1CCc2c(sc(/N=C/c3cc(Cl)cc(Br)c3O)c2C#N)C1. The highest BCUT2D eigenvalue weighted by Gasteiger charge is 2.24. The van der Waals surface area contributed by atoms with E-state index >= 15 is 0 Å². The molecule has 0 amide bonds. The molecule has 7 heteroatoms. The highest BCUT2D eigenvalue weighted by Crippen LogP contribution is 2.37. The maximum Gasteiger partial charge on any atom is 0.138 e. The summed E-state index contributed by atoms with van der Waals surface area (Å²) in [6.07, 6.45) is 2.46. The van der Waals surface area contributed by atoms with E-state index in [2.05, 4.69) is 34.0 Å². The molecule has 1 aromatic heterocycles. The molecule has 0 fully saturated rings. The molecular formula is C16H14BrClN3OS+. The molecule has 2 N–H and O–H groups in total. The second-order valence-corrected chi connectivity index (χ2v) is 7.89. The van der Waals surface area contributed by atoms with Crippen LogP contribution in [0.1, 0.15) is 21.6 Å². The average Bonchev–Trinajstić information content (AvgIpc) is 2.85. The van der Waals surface area contributed by atoms with Crippen LogP contribution < -0.4 is 4.90 Å². The lowest BCUT2D eigenvalue weighted by atomic mass is 10.0. The predicted molar refractivity (Wildman–Crippen MR) is 96.3 cm³/mol. The Labute approximate surface area is 151 Å². The van der Waals surface area contributed by atoms with Crippen LogP contribution in [0.5, 0.6) is 5.75 Å². The number of hydrogen-bond donors (Lipinski definition) is 2. The first-order valence-electron chi connectivity index (χ1n) is 7.07. The molecule has 23 heavy (non-hydrogen) atoms. The lowest BCUT2D eigenvalue weighted by Gasteiger charge is -2.18. The highest BCUT2D eigenvalue weighted by atomic mass is 79.9. The maximum absolute atomic E-state index is 10.1. The number of fused-ring (bicyclic) bond motifs is 1. The Kier molecular flexibility index (Phi) is 4.74. The number of hydrogen-bond acceptors (Lipinski definition) is 4. The number of likely N-dealkylation sites (N-methyl/N-ethyl adjacent to an activating group) is 1. The van der Waals surface area contributed by atoms with E-state index < -0.39 is 0 Å². The molecule has 0 saturated carbocycles. The van der Waals surface area contributed by atoms with Crippen LogP contribution in [0.2, 0.25) is 5.02 Å². The zero-order valence-electron chi connectivity index (χ0n) is 12.4. The van der Waals surface area contributed by atoms with E-state index in [1.165, 1.54) is 9.78 Å². The summed E-state index contributed by atoms with van der Waals surface area (Å²) in [5.74, 6) is 0.0853. The van der Waals surface area contributed by atoms with Gasteiger partial charge in [-0.25, -0.2) is 4.99 Å². The van der Waals surface area contributed by atoms with Gasteiger partial charge >= 0.3 is 0 Å². The molecule has 2 aromatic rings. The molecule has 3 rings (SSSR count). The quantitative estimate of drug-likeness (QED) is 0.746. The summed E-state index contributed by atoms with van der Waals surface area (Å²) in [4.78, 5) is 7.11. The third-order valence-electron chi connectivity index (χ3n) is 3.83. The largest absolute Gasteiger partial charge is 0.506 e. The Morgan fingerprint density at radius 2 is 2.30 bits per heavy atom. The molecule has 1 aromatic carbocycles. The van der Waals surface area contributed by atoms with E-state index in [0.29, 0.717) is 25.6 Å². The van der Waals surface area contributed by atoms with Gasteiger partial charge < -0.3 is 10.0 Å². The number of nitrogens with one attached hydrogen (secondary N) is 1. The molecule has 1 aliphatic rings. The topological polar surface area (TPSA) is 60.8 Å². The maximum atomic E-state index is 10.1. The molecular weight excluding hydrogens is 398 g/mol. The first-order valence-corrected chi connectivity index (χ1v) is 9.06. The van der Waals surface area contributed by atoms with E-state index in [1.54, 1.807) is 29.7 Å². The summed E-state index contributed by atoms with van der Waals surface area (Å²) >= 11 is 10.8. The second-order valence-electron chi connectivity index (χ2n) is 5.51. The molecule has 0 saturated heterocycles. The smallest absolute Gasteiger partial charge is 0.138 e. The standard InChI is InChI=1S/C16H13BrClN3OS/c1-21-3-2-11-12(6-19)16(23-14(11)8-21)20-7-9-4-10(18)5-13(17)15(9)22/h4-5,7,22H,2-3,8H2,1H3/p+1/b20-7+. The van der Waals surface area contributed by atoms with Gasteiger partial charge in [0.05, 0.1) is 28.5 Å². The second kappa shape index (κ2) is 6.62. The summed E-state index contributed by atoms with van der Waals surface area (Å²) < 4.78 is 0.516. The zero-order valence-corrected chi connectivity index (χ0v) is 15.5. The Bertz CT molecular complexity index is 841. The number of halogens is 2. The Morgan fingerprint density at radius 1 is 1.52 bits per heavy atom. The summed E-state index contributed by atoms with van der Waals surface area (Å²) in [6, 6.07) is 5.55. The van der Waals surface area contributed by atoms with E-state index in [-0.39, 0.29) is 5.75 Å². The molecule has 2 heterocycles. The van der Waals surface area contributed by atoms with Gasteiger partial charge in [0, 0.05) is 23.2 Å². The molecule has 118 valence electrons. The number of aliphatic imine (C=N–C) groups is 1. The van der Waals surface area contributed by atoms with Crippen LogP contribution in [0.25, 0.3) is 0 Å². The fourth-order valence-corrected chi connectivity index (χ4v) is 4.71. The van der Waals surface area contributed by atoms with E-state index in [1.807, 2.05) is 0 Å². The van der Waals surface area contributed by atoms with Gasteiger partial charge in [0.25, 0.3) is 0 Å².